The highest BCUT2D eigenvalue weighted by molar-refractivity contribution is 6.17. The molecule has 0 saturated heterocycles. The summed E-state index contributed by atoms with van der Waals surface area (Å²) in [5, 5.41) is 8.31. The second-order valence-corrected chi connectivity index (χ2v) is 6.12. The van der Waals surface area contributed by atoms with Gasteiger partial charge in [-0.1, -0.05) is 38.1 Å². The number of aryl methyl sites for hydroxylation is 1. The van der Waals surface area contributed by atoms with Crippen LogP contribution >= 0.6 is 11.6 Å². The van der Waals surface area contributed by atoms with Crippen molar-refractivity contribution >= 4 is 11.6 Å². The molecule has 19 heavy (non-hydrogen) atoms. The molecule has 0 atom stereocenters. The molecule has 0 fully saturated rings. The molecule has 0 aliphatic carbocycles. The Morgan fingerprint density at radius 1 is 1.16 bits per heavy atom. The molecule has 0 amide bonds. The van der Waals surface area contributed by atoms with Crippen molar-refractivity contribution in [3.8, 4) is 5.69 Å². The molecule has 0 spiro atoms. The van der Waals surface area contributed by atoms with E-state index in [2.05, 4.69) is 55.3 Å². The van der Waals surface area contributed by atoms with Crippen LogP contribution in [0.3, 0.4) is 0 Å². The summed E-state index contributed by atoms with van der Waals surface area (Å²) in [6.45, 7) is 6.63. The van der Waals surface area contributed by atoms with Crippen molar-refractivity contribution in [2.24, 2.45) is 0 Å². The Morgan fingerprint density at radius 3 is 2.42 bits per heavy atom. The fraction of sp³-hybridized carbons (Fsp3) is 0.467. The van der Waals surface area contributed by atoms with Crippen LogP contribution in [-0.4, -0.2) is 20.9 Å². The normalized spacial score (nSPS) is 11.8. The number of aromatic nitrogens is 3. The van der Waals surface area contributed by atoms with Crippen LogP contribution in [0.25, 0.3) is 5.69 Å². The Labute approximate surface area is 119 Å². The van der Waals surface area contributed by atoms with Crippen LogP contribution in [0.5, 0.6) is 0 Å². The molecule has 0 radical (unpaired) electrons. The van der Waals surface area contributed by atoms with E-state index >= 15 is 0 Å². The summed E-state index contributed by atoms with van der Waals surface area (Å²) < 4.78 is 1.82. The van der Waals surface area contributed by atoms with Gasteiger partial charge in [0.1, 0.15) is 0 Å². The molecule has 2 aromatic rings. The summed E-state index contributed by atoms with van der Waals surface area (Å²) >= 11 is 5.68. The van der Waals surface area contributed by atoms with E-state index < -0.39 is 0 Å². The maximum atomic E-state index is 5.68. The Bertz CT molecular complexity index is 523. The highest BCUT2D eigenvalue weighted by atomic mass is 35.5. The fourth-order valence-electron chi connectivity index (χ4n) is 1.90. The molecule has 1 heterocycles. The third-order valence-corrected chi connectivity index (χ3v) is 3.37. The summed E-state index contributed by atoms with van der Waals surface area (Å²) in [4.78, 5) is 0. The summed E-state index contributed by atoms with van der Waals surface area (Å²) in [6.07, 6.45) is 3.78. The molecule has 1 aromatic heterocycles. The van der Waals surface area contributed by atoms with Crippen LogP contribution in [0, 0.1) is 0 Å². The van der Waals surface area contributed by atoms with Crippen molar-refractivity contribution in [3.63, 3.8) is 0 Å². The Kier molecular flexibility index (Phi) is 4.25. The molecule has 0 saturated carbocycles. The summed E-state index contributed by atoms with van der Waals surface area (Å²) in [6, 6.07) is 8.46. The molecule has 3 nitrogen and oxygen atoms in total. The summed E-state index contributed by atoms with van der Waals surface area (Å²) in [7, 11) is 0. The SMILES string of the molecule is CC(C)(C)c1ccc(-n2cc(CCCCl)nn2)cc1. The Balaban J connectivity index is 2.16. The maximum Gasteiger partial charge on any atom is 0.0832 e. The molecule has 0 aliphatic rings. The van der Waals surface area contributed by atoms with Crippen LogP contribution in [0.4, 0.5) is 0 Å². The van der Waals surface area contributed by atoms with Crippen molar-refractivity contribution < 1.29 is 0 Å². The summed E-state index contributed by atoms with van der Waals surface area (Å²) in [5.74, 6) is 0.660. The standard InChI is InChI=1S/C15H20ClN3/c1-15(2,3)12-6-8-14(9-7-12)19-11-13(17-18-19)5-4-10-16/h6-9,11H,4-5,10H2,1-3H3. The zero-order chi connectivity index (χ0) is 13.9. The van der Waals surface area contributed by atoms with E-state index in [-0.39, 0.29) is 5.41 Å². The van der Waals surface area contributed by atoms with E-state index in [0.717, 1.165) is 24.2 Å². The Hall–Kier alpha value is -1.35. The van der Waals surface area contributed by atoms with Crippen LogP contribution in [0.2, 0.25) is 0 Å². The topological polar surface area (TPSA) is 30.7 Å². The highest BCUT2D eigenvalue weighted by Gasteiger charge is 2.13. The van der Waals surface area contributed by atoms with Crippen LogP contribution in [-0.2, 0) is 11.8 Å². The predicted octanol–water partition coefficient (Wildman–Crippen LogP) is 3.74. The van der Waals surface area contributed by atoms with E-state index in [4.69, 9.17) is 11.6 Å². The van der Waals surface area contributed by atoms with Gasteiger partial charge in [0.2, 0.25) is 0 Å². The molecular weight excluding hydrogens is 258 g/mol. The van der Waals surface area contributed by atoms with Gasteiger partial charge in [-0.15, -0.1) is 16.7 Å². The van der Waals surface area contributed by atoms with Gasteiger partial charge in [0.15, 0.2) is 0 Å². The maximum absolute atomic E-state index is 5.68. The first-order valence-electron chi connectivity index (χ1n) is 6.59. The van der Waals surface area contributed by atoms with Crippen molar-refractivity contribution in [1.82, 2.24) is 15.0 Å². The van der Waals surface area contributed by atoms with E-state index in [9.17, 15) is 0 Å². The third kappa shape index (κ3) is 3.57. The smallest absolute Gasteiger partial charge is 0.0832 e. The van der Waals surface area contributed by atoms with Gasteiger partial charge in [0.25, 0.3) is 0 Å². The molecule has 0 bridgehead atoms. The predicted molar refractivity (Wildman–Crippen MR) is 79.1 cm³/mol. The number of alkyl halides is 1. The molecule has 2 rings (SSSR count). The fourth-order valence-corrected chi connectivity index (χ4v) is 2.03. The summed E-state index contributed by atoms with van der Waals surface area (Å²) in [5.41, 5.74) is 3.52. The quantitative estimate of drug-likeness (QED) is 0.797. The van der Waals surface area contributed by atoms with Crippen LogP contribution in [0.15, 0.2) is 30.5 Å². The van der Waals surface area contributed by atoms with Crippen molar-refractivity contribution in [1.29, 1.82) is 0 Å². The first kappa shape index (κ1) is 14.1. The second-order valence-electron chi connectivity index (χ2n) is 5.74. The number of rotatable bonds is 4. The van der Waals surface area contributed by atoms with E-state index in [1.54, 1.807) is 0 Å². The van der Waals surface area contributed by atoms with Gasteiger partial charge in [-0.2, -0.15) is 0 Å². The van der Waals surface area contributed by atoms with E-state index in [1.807, 2.05) is 10.9 Å². The van der Waals surface area contributed by atoms with Gasteiger partial charge in [-0.25, -0.2) is 4.68 Å². The van der Waals surface area contributed by atoms with Crippen molar-refractivity contribution in [3.05, 3.63) is 41.7 Å². The average Bonchev–Trinajstić information content (AvgIpc) is 2.84. The minimum Gasteiger partial charge on any atom is -0.220 e. The third-order valence-electron chi connectivity index (χ3n) is 3.11. The molecule has 0 unspecified atom stereocenters. The second kappa shape index (κ2) is 5.74. The molecule has 102 valence electrons. The largest absolute Gasteiger partial charge is 0.220 e. The van der Waals surface area contributed by atoms with E-state index in [1.165, 1.54) is 5.56 Å². The molecule has 0 N–H and O–H groups in total. The number of benzene rings is 1. The molecule has 0 aliphatic heterocycles. The molecule has 1 aromatic carbocycles. The van der Waals surface area contributed by atoms with Crippen LogP contribution < -0.4 is 0 Å². The Morgan fingerprint density at radius 2 is 1.84 bits per heavy atom. The van der Waals surface area contributed by atoms with Gasteiger partial charge < -0.3 is 0 Å². The molecular formula is C15H20ClN3. The first-order chi connectivity index (χ1) is 9.00. The van der Waals surface area contributed by atoms with Gasteiger partial charge in [0.05, 0.1) is 17.6 Å². The van der Waals surface area contributed by atoms with E-state index in [0.29, 0.717) is 5.88 Å². The van der Waals surface area contributed by atoms with Crippen LogP contribution in [0.1, 0.15) is 38.4 Å². The monoisotopic (exact) mass is 277 g/mol. The number of hydrogen-bond donors (Lipinski definition) is 0. The average molecular weight is 278 g/mol. The minimum atomic E-state index is 0.173. The van der Waals surface area contributed by atoms with Gasteiger partial charge >= 0.3 is 0 Å². The number of halogens is 1. The van der Waals surface area contributed by atoms with Gasteiger partial charge in [0, 0.05) is 5.88 Å². The lowest BCUT2D eigenvalue weighted by Crippen LogP contribution is -2.10. The number of nitrogens with zero attached hydrogens (tertiary/aromatic N) is 3. The van der Waals surface area contributed by atoms with Gasteiger partial charge in [-0.3, -0.25) is 0 Å². The van der Waals surface area contributed by atoms with Crippen molar-refractivity contribution in [2.45, 2.75) is 39.0 Å². The van der Waals surface area contributed by atoms with Crippen molar-refractivity contribution in [2.75, 3.05) is 5.88 Å². The number of hydrogen-bond acceptors (Lipinski definition) is 2. The minimum absolute atomic E-state index is 0.173. The lowest BCUT2D eigenvalue weighted by molar-refractivity contribution is 0.590. The lowest BCUT2D eigenvalue weighted by atomic mass is 9.87. The highest BCUT2D eigenvalue weighted by Crippen LogP contribution is 2.23. The first-order valence-corrected chi connectivity index (χ1v) is 7.12. The molecule has 4 heteroatoms. The zero-order valence-electron chi connectivity index (χ0n) is 11.7. The lowest BCUT2D eigenvalue weighted by Gasteiger charge is -2.18. The zero-order valence-corrected chi connectivity index (χ0v) is 12.5. The van der Waals surface area contributed by atoms with Gasteiger partial charge in [-0.05, 0) is 36.0 Å².